The SMILES string of the molecule is NC(c1ccccc1)C1CCC2CCCCC2C1. The van der Waals surface area contributed by atoms with Gasteiger partial charge in [0.2, 0.25) is 0 Å². The zero-order valence-electron chi connectivity index (χ0n) is 11.2. The van der Waals surface area contributed by atoms with Crippen LogP contribution in [0.25, 0.3) is 0 Å². The van der Waals surface area contributed by atoms with E-state index in [1.165, 1.54) is 50.5 Å². The first-order valence-electron chi connectivity index (χ1n) is 7.65. The summed E-state index contributed by atoms with van der Waals surface area (Å²) in [5.41, 5.74) is 7.82. The Labute approximate surface area is 111 Å². The minimum Gasteiger partial charge on any atom is -0.324 e. The lowest BCUT2D eigenvalue weighted by Gasteiger charge is -2.41. The molecule has 1 aromatic rings. The molecule has 2 fully saturated rings. The average Bonchev–Trinajstić information content (AvgIpc) is 2.47. The minimum absolute atomic E-state index is 0.258. The van der Waals surface area contributed by atoms with Crippen LogP contribution in [0.15, 0.2) is 30.3 Å². The van der Waals surface area contributed by atoms with E-state index in [4.69, 9.17) is 5.73 Å². The van der Waals surface area contributed by atoms with E-state index in [0.29, 0.717) is 5.92 Å². The van der Waals surface area contributed by atoms with Gasteiger partial charge in [-0.2, -0.15) is 0 Å². The maximum absolute atomic E-state index is 6.49. The molecule has 3 rings (SSSR count). The second-order valence-electron chi connectivity index (χ2n) is 6.31. The van der Waals surface area contributed by atoms with Gasteiger partial charge in [-0.3, -0.25) is 0 Å². The summed E-state index contributed by atoms with van der Waals surface area (Å²) in [4.78, 5) is 0. The number of rotatable bonds is 2. The Morgan fingerprint density at radius 2 is 1.61 bits per heavy atom. The molecule has 0 spiro atoms. The minimum atomic E-state index is 0.258. The molecule has 4 unspecified atom stereocenters. The van der Waals surface area contributed by atoms with Gasteiger partial charge in [0.25, 0.3) is 0 Å². The predicted molar refractivity (Wildman–Crippen MR) is 76.2 cm³/mol. The Morgan fingerprint density at radius 3 is 2.39 bits per heavy atom. The van der Waals surface area contributed by atoms with Crippen molar-refractivity contribution in [3.8, 4) is 0 Å². The fourth-order valence-corrected chi connectivity index (χ4v) is 4.18. The lowest BCUT2D eigenvalue weighted by molar-refractivity contribution is 0.117. The fraction of sp³-hybridized carbons (Fsp3) is 0.647. The highest BCUT2D eigenvalue weighted by Crippen LogP contribution is 2.45. The van der Waals surface area contributed by atoms with Crippen LogP contribution in [0.4, 0.5) is 0 Å². The average molecular weight is 243 g/mol. The number of benzene rings is 1. The summed E-state index contributed by atoms with van der Waals surface area (Å²) in [6.07, 6.45) is 10.0. The highest BCUT2D eigenvalue weighted by molar-refractivity contribution is 5.19. The fourth-order valence-electron chi connectivity index (χ4n) is 4.18. The first-order chi connectivity index (χ1) is 8.84. The first-order valence-corrected chi connectivity index (χ1v) is 7.65. The molecule has 2 N–H and O–H groups in total. The Hall–Kier alpha value is -0.820. The van der Waals surface area contributed by atoms with Crippen molar-refractivity contribution in [1.82, 2.24) is 0 Å². The van der Waals surface area contributed by atoms with Crippen molar-refractivity contribution in [1.29, 1.82) is 0 Å². The lowest BCUT2D eigenvalue weighted by Crippen LogP contribution is -2.33. The van der Waals surface area contributed by atoms with Crippen LogP contribution in [0.5, 0.6) is 0 Å². The molecule has 0 bridgehead atoms. The molecule has 18 heavy (non-hydrogen) atoms. The van der Waals surface area contributed by atoms with Crippen molar-refractivity contribution in [3.05, 3.63) is 35.9 Å². The van der Waals surface area contributed by atoms with Crippen LogP contribution in [0.1, 0.15) is 56.6 Å². The van der Waals surface area contributed by atoms with Gasteiger partial charge >= 0.3 is 0 Å². The normalized spacial score (nSPS) is 33.7. The largest absolute Gasteiger partial charge is 0.324 e. The first kappa shape index (κ1) is 12.2. The number of fused-ring (bicyclic) bond motifs is 1. The summed E-state index contributed by atoms with van der Waals surface area (Å²) in [7, 11) is 0. The van der Waals surface area contributed by atoms with E-state index in [9.17, 15) is 0 Å². The van der Waals surface area contributed by atoms with Gasteiger partial charge in [-0.1, -0.05) is 56.0 Å². The van der Waals surface area contributed by atoms with Gasteiger partial charge in [-0.25, -0.2) is 0 Å². The number of hydrogen-bond acceptors (Lipinski definition) is 1. The Bertz CT molecular complexity index is 372. The molecule has 0 aromatic heterocycles. The molecule has 1 aromatic carbocycles. The van der Waals surface area contributed by atoms with E-state index in [2.05, 4.69) is 30.3 Å². The van der Waals surface area contributed by atoms with E-state index >= 15 is 0 Å². The van der Waals surface area contributed by atoms with Crippen LogP contribution in [0.2, 0.25) is 0 Å². The van der Waals surface area contributed by atoms with Gasteiger partial charge in [0, 0.05) is 6.04 Å². The van der Waals surface area contributed by atoms with Crippen molar-refractivity contribution in [2.45, 2.75) is 51.0 Å². The van der Waals surface area contributed by atoms with E-state index in [-0.39, 0.29) is 6.04 Å². The maximum atomic E-state index is 6.49. The summed E-state index contributed by atoms with van der Waals surface area (Å²) >= 11 is 0. The summed E-state index contributed by atoms with van der Waals surface area (Å²) in [5, 5.41) is 0. The molecule has 0 aliphatic heterocycles. The molecule has 1 heteroatoms. The Balaban J connectivity index is 1.67. The maximum Gasteiger partial charge on any atom is 0.0323 e. The quantitative estimate of drug-likeness (QED) is 0.823. The smallest absolute Gasteiger partial charge is 0.0323 e. The summed E-state index contributed by atoms with van der Waals surface area (Å²) in [6, 6.07) is 10.9. The molecule has 98 valence electrons. The molecular weight excluding hydrogens is 218 g/mol. The monoisotopic (exact) mass is 243 g/mol. The van der Waals surface area contributed by atoms with E-state index in [1.807, 2.05) is 0 Å². The van der Waals surface area contributed by atoms with Gasteiger partial charge in [0.1, 0.15) is 0 Å². The molecule has 2 saturated carbocycles. The number of hydrogen-bond donors (Lipinski definition) is 1. The standard InChI is InChI=1S/C17H25N/c18-17(14-7-2-1-3-8-14)16-11-10-13-6-4-5-9-15(13)12-16/h1-3,7-8,13,15-17H,4-6,9-12,18H2. The van der Waals surface area contributed by atoms with Crippen LogP contribution < -0.4 is 5.73 Å². The van der Waals surface area contributed by atoms with Crippen molar-refractivity contribution in [2.24, 2.45) is 23.5 Å². The predicted octanol–water partition coefficient (Wildman–Crippen LogP) is 4.29. The molecule has 0 amide bonds. The van der Waals surface area contributed by atoms with Crippen molar-refractivity contribution in [3.63, 3.8) is 0 Å². The van der Waals surface area contributed by atoms with Crippen LogP contribution >= 0.6 is 0 Å². The second-order valence-corrected chi connectivity index (χ2v) is 6.31. The van der Waals surface area contributed by atoms with E-state index in [0.717, 1.165) is 11.8 Å². The third-order valence-electron chi connectivity index (χ3n) is 5.27. The summed E-state index contributed by atoms with van der Waals surface area (Å²) in [5.74, 6) is 2.72. The molecule has 0 radical (unpaired) electrons. The number of nitrogens with two attached hydrogens (primary N) is 1. The van der Waals surface area contributed by atoms with Gasteiger partial charge in [-0.15, -0.1) is 0 Å². The molecule has 1 nitrogen and oxygen atoms in total. The molecule has 0 heterocycles. The zero-order valence-corrected chi connectivity index (χ0v) is 11.2. The van der Waals surface area contributed by atoms with E-state index in [1.54, 1.807) is 0 Å². The summed E-state index contributed by atoms with van der Waals surface area (Å²) in [6.45, 7) is 0. The van der Waals surface area contributed by atoms with E-state index < -0.39 is 0 Å². The van der Waals surface area contributed by atoms with Gasteiger partial charge in [0.05, 0.1) is 0 Å². The zero-order chi connectivity index (χ0) is 12.4. The Morgan fingerprint density at radius 1 is 0.889 bits per heavy atom. The van der Waals surface area contributed by atoms with Crippen molar-refractivity contribution in [2.75, 3.05) is 0 Å². The van der Waals surface area contributed by atoms with Crippen molar-refractivity contribution >= 4 is 0 Å². The van der Waals surface area contributed by atoms with Gasteiger partial charge < -0.3 is 5.73 Å². The molecule has 2 aliphatic carbocycles. The highest BCUT2D eigenvalue weighted by atomic mass is 14.7. The van der Waals surface area contributed by atoms with Gasteiger partial charge in [-0.05, 0) is 42.6 Å². The van der Waals surface area contributed by atoms with Gasteiger partial charge in [0.15, 0.2) is 0 Å². The van der Waals surface area contributed by atoms with Crippen LogP contribution in [-0.4, -0.2) is 0 Å². The second kappa shape index (κ2) is 5.44. The molecular formula is C17H25N. The third kappa shape index (κ3) is 2.47. The Kier molecular flexibility index (Phi) is 3.69. The topological polar surface area (TPSA) is 26.0 Å². The molecule has 2 aliphatic rings. The molecule has 4 atom stereocenters. The van der Waals surface area contributed by atoms with Crippen LogP contribution in [0, 0.1) is 17.8 Å². The molecule has 0 saturated heterocycles. The third-order valence-corrected chi connectivity index (χ3v) is 5.27. The van der Waals surface area contributed by atoms with Crippen LogP contribution in [0.3, 0.4) is 0 Å². The summed E-state index contributed by atoms with van der Waals surface area (Å²) < 4.78 is 0. The lowest BCUT2D eigenvalue weighted by atomic mass is 9.65. The van der Waals surface area contributed by atoms with Crippen molar-refractivity contribution < 1.29 is 0 Å². The highest BCUT2D eigenvalue weighted by Gasteiger charge is 2.34. The van der Waals surface area contributed by atoms with Crippen LogP contribution in [-0.2, 0) is 0 Å².